The van der Waals surface area contributed by atoms with Crippen molar-refractivity contribution in [2.75, 3.05) is 5.32 Å². The Balaban J connectivity index is 1.63. The van der Waals surface area contributed by atoms with Crippen LogP contribution < -0.4 is 10.9 Å². The number of ether oxygens (including phenoxy) is 1. The third-order valence-electron chi connectivity index (χ3n) is 7.61. The Bertz CT molecular complexity index is 1890. The fourth-order valence-electron chi connectivity index (χ4n) is 5.26. The van der Waals surface area contributed by atoms with Crippen molar-refractivity contribution in [1.82, 2.24) is 18.9 Å². The average Bonchev–Trinajstić information content (AvgIpc) is 3.13. The highest BCUT2D eigenvalue weighted by Crippen LogP contribution is 2.31. The molecule has 0 spiro atoms. The Morgan fingerprint density at radius 3 is 2.44 bits per heavy atom. The summed E-state index contributed by atoms with van der Waals surface area (Å²) in [7, 11) is 2.01. The zero-order valence-corrected chi connectivity index (χ0v) is 25.2. The number of pyridine rings is 2. The number of aromatic nitrogens is 4. The van der Waals surface area contributed by atoms with Gasteiger partial charge in [-0.3, -0.25) is 9.20 Å². The molecule has 0 unspecified atom stereocenters. The molecule has 0 saturated heterocycles. The summed E-state index contributed by atoms with van der Waals surface area (Å²) in [4.78, 5) is 36.4. The van der Waals surface area contributed by atoms with E-state index in [9.17, 15) is 9.59 Å². The number of para-hydroxylation sites is 1. The van der Waals surface area contributed by atoms with Gasteiger partial charge in [0.25, 0.3) is 5.56 Å². The minimum Gasteiger partial charge on any atom is -0.456 e. The Hall–Kier alpha value is -4.46. The minimum atomic E-state index is -0.614. The zero-order valence-electron chi connectivity index (χ0n) is 25.2. The van der Waals surface area contributed by atoms with E-state index in [1.165, 1.54) is 0 Å². The maximum absolute atomic E-state index is 13.7. The van der Waals surface area contributed by atoms with E-state index in [2.05, 4.69) is 29.8 Å². The second kappa shape index (κ2) is 10.2. The van der Waals surface area contributed by atoms with Crippen LogP contribution >= 0.6 is 0 Å². The number of carbonyl (C=O) groups is 1. The number of hydrogen-bond donors (Lipinski definition) is 1. The molecule has 8 heteroatoms. The second-order valence-electron chi connectivity index (χ2n) is 11.8. The van der Waals surface area contributed by atoms with Gasteiger partial charge in [-0.25, -0.2) is 14.8 Å². The normalized spacial score (nSPS) is 12.6. The van der Waals surface area contributed by atoms with Crippen LogP contribution in [0.3, 0.4) is 0 Å². The summed E-state index contributed by atoms with van der Waals surface area (Å²) in [5.74, 6) is -0.400. The van der Waals surface area contributed by atoms with Gasteiger partial charge >= 0.3 is 5.97 Å². The molecule has 0 bridgehead atoms. The second-order valence-corrected chi connectivity index (χ2v) is 11.8. The van der Waals surface area contributed by atoms with E-state index in [-0.39, 0.29) is 11.6 Å². The highest BCUT2D eigenvalue weighted by molar-refractivity contribution is 5.96. The van der Waals surface area contributed by atoms with E-state index in [4.69, 9.17) is 14.7 Å². The summed E-state index contributed by atoms with van der Waals surface area (Å²) < 4.78 is 9.33. The van der Waals surface area contributed by atoms with Crippen molar-refractivity contribution in [3.8, 4) is 11.3 Å². The molecule has 5 aromatic rings. The first-order chi connectivity index (χ1) is 19.3. The maximum Gasteiger partial charge on any atom is 0.340 e. The van der Waals surface area contributed by atoms with Crippen LogP contribution in [0.25, 0.3) is 27.9 Å². The van der Waals surface area contributed by atoms with E-state index in [0.717, 1.165) is 39.0 Å². The number of nitrogens with one attached hydrogen (secondary N) is 1. The van der Waals surface area contributed by atoms with Crippen LogP contribution in [0.15, 0.2) is 53.6 Å². The number of aryl methyl sites for hydroxylation is 3. The fraction of sp³-hybridized carbons (Fsp3) is 0.333. The molecule has 0 aliphatic rings. The van der Waals surface area contributed by atoms with Gasteiger partial charge < -0.3 is 14.6 Å². The van der Waals surface area contributed by atoms with Gasteiger partial charge in [0.05, 0.1) is 17.3 Å². The van der Waals surface area contributed by atoms with Crippen molar-refractivity contribution in [3.05, 3.63) is 92.7 Å². The van der Waals surface area contributed by atoms with Gasteiger partial charge in [-0.1, -0.05) is 12.1 Å². The molecule has 0 saturated carbocycles. The van der Waals surface area contributed by atoms with E-state index in [1.807, 2.05) is 79.1 Å². The lowest BCUT2D eigenvalue weighted by Crippen LogP contribution is -2.25. The largest absolute Gasteiger partial charge is 0.456 e. The van der Waals surface area contributed by atoms with Gasteiger partial charge in [-0.2, -0.15) is 0 Å². The van der Waals surface area contributed by atoms with Crippen molar-refractivity contribution in [2.24, 2.45) is 7.05 Å². The maximum atomic E-state index is 13.7. The number of benzene rings is 1. The van der Waals surface area contributed by atoms with E-state index < -0.39 is 11.6 Å². The van der Waals surface area contributed by atoms with Gasteiger partial charge in [0.2, 0.25) is 0 Å². The van der Waals surface area contributed by atoms with E-state index in [0.29, 0.717) is 28.2 Å². The minimum absolute atomic E-state index is 0.127. The number of carbonyl (C=O) groups excluding carboxylic acids is 1. The molecule has 0 fully saturated rings. The number of esters is 1. The Kier molecular flexibility index (Phi) is 6.97. The molecule has 41 heavy (non-hydrogen) atoms. The van der Waals surface area contributed by atoms with Gasteiger partial charge in [0.15, 0.2) is 0 Å². The predicted molar refractivity (Wildman–Crippen MR) is 164 cm³/mol. The van der Waals surface area contributed by atoms with Gasteiger partial charge in [0, 0.05) is 52.9 Å². The summed E-state index contributed by atoms with van der Waals surface area (Å²) in [6.45, 7) is 15.5. The van der Waals surface area contributed by atoms with Crippen molar-refractivity contribution < 1.29 is 9.53 Å². The number of anilines is 1. The molecular weight excluding hydrogens is 514 g/mol. The first-order valence-electron chi connectivity index (χ1n) is 13.8. The van der Waals surface area contributed by atoms with Crippen molar-refractivity contribution in [2.45, 2.75) is 67.0 Å². The number of nitrogens with zero attached hydrogens (tertiary/aromatic N) is 4. The molecule has 0 aliphatic heterocycles. The predicted octanol–water partition coefficient (Wildman–Crippen LogP) is 6.61. The van der Waals surface area contributed by atoms with Gasteiger partial charge in [-0.05, 0) is 90.8 Å². The highest BCUT2D eigenvalue weighted by atomic mass is 16.6. The highest BCUT2D eigenvalue weighted by Gasteiger charge is 2.23. The van der Waals surface area contributed by atoms with Crippen LogP contribution in [0.1, 0.15) is 72.0 Å². The van der Waals surface area contributed by atoms with Crippen LogP contribution in [0.2, 0.25) is 0 Å². The Morgan fingerprint density at radius 1 is 1.02 bits per heavy atom. The van der Waals surface area contributed by atoms with E-state index in [1.54, 1.807) is 16.7 Å². The van der Waals surface area contributed by atoms with Crippen LogP contribution in [-0.2, 0) is 11.8 Å². The average molecular weight is 552 g/mol. The summed E-state index contributed by atoms with van der Waals surface area (Å²) in [6, 6.07) is 11.1. The van der Waals surface area contributed by atoms with Crippen LogP contribution in [0.5, 0.6) is 0 Å². The molecule has 8 nitrogen and oxygen atoms in total. The number of fused-ring (bicyclic) bond motifs is 2. The third-order valence-corrected chi connectivity index (χ3v) is 7.61. The molecule has 0 amide bonds. The standard InChI is InChI=1S/C33H37N5O3/c1-18-14-26(21(4)35-27-13-11-10-12-24(27)32(40)41-33(6,7)8)30-36-28(20(3)31(39)38(30)17-18)23-15-25-19(2)22(5)37(9)29(25)34-16-23/h10-17,21,35H,1-9H3/t21-/m1/s1. The van der Waals surface area contributed by atoms with Crippen LogP contribution in [-0.4, -0.2) is 30.5 Å². The Labute approximate surface area is 240 Å². The molecule has 212 valence electrons. The summed E-state index contributed by atoms with van der Waals surface area (Å²) >= 11 is 0. The number of rotatable bonds is 5. The molecule has 1 atom stereocenters. The molecule has 4 aromatic heterocycles. The fourth-order valence-corrected chi connectivity index (χ4v) is 5.26. The summed E-state index contributed by atoms with van der Waals surface area (Å²) in [6.07, 6.45) is 3.61. The van der Waals surface area contributed by atoms with Crippen molar-refractivity contribution in [3.63, 3.8) is 0 Å². The lowest BCUT2D eigenvalue weighted by atomic mass is 10.0. The molecule has 5 rings (SSSR count). The van der Waals surface area contributed by atoms with Gasteiger partial charge in [-0.15, -0.1) is 0 Å². The van der Waals surface area contributed by atoms with Crippen molar-refractivity contribution >= 4 is 28.3 Å². The quantitative estimate of drug-likeness (QED) is 0.247. The van der Waals surface area contributed by atoms with Crippen LogP contribution in [0, 0.1) is 27.7 Å². The molecule has 0 radical (unpaired) electrons. The molecule has 4 heterocycles. The third kappa shape index (κ3) is 5.10. The van der Waals surface area contributed by atoms with Gasteiger partial charge in [0.1, 0.15) is 16.9 Å². The Morgan fingerprint density at radius 2 is 1.73 bits per heavy atom. The molecule has 1 aromatic carbocycles. The lowest BCUT2D eigenvalue weighted by Gasteiger charge is -2.23. The molecular formula is C33H37N5O3. The van der Waals surface area contributed by atoms with Crippen molar-refractivity contribution in [1.29, 1.82) is 0 Å². The zero-order chi connectivity index (χ0) is 29.8. The SMILES string of the molecule is Cc1cc([C@@H](C)Nc2ccccc2C(=O)OC(C)(C)C)c2nc(-c3cnc4c(c3)c(C)c(C)n4C)c(C)c(=O)n2c1. The molecule has 0 aliphatic carbocycles. The summed E-state index contributed by atoms with van der Waals surface area (Å²) in [5, 5.41) is 4.52. The van der Waals surface area contributed by atoms with E-state index >= 15 is 0 Å². The lowest BCUT2D eigenvalue weighted by molar-refractivity contribution is 0.00706. The monoisotopic (exact) mass is 551 g/mol. The number of hydrogen-bond acceptors (Lipinski definition) is 6. The first kappa shape index (κ1) is 28.1. The molecule has 1 N–H and O–H groups in total. The smallest absolute Gasteiger partial charge is 0.340 e. The topological polar surface area (TPSA) is 90.5 Å². The summed E-state index contributed by atoms with van der Waals surface area (Å²) in [5.41, 5.74) is 7.83. The van der Waals surface area contributed by atoms with Crippen LogP contribution in [0.4, 0.5) is 5.69 Å². The first-order valence-corrected chi connectivity index (χ1v) is 13.8.